The van der Waals surface area contributed by atoms with Crippen molar-refractivity contribution >= 4 is 11.8 Å². The van der Waals surface area contributed by atoms with Crippen LogP contribution in [-0.4, -0.2) is 37.7 Å². The highest BCUT2D eigenvalue weighted by Gasteiger charge is 2.21. The lowest BCUT2D eigenvalue weighted by Gasteiger charge is -2.26. The fraction of sp³-hybridized carbons (Fsp3) is 0.222. The molecule has 2 aromatic rings. The molecule has 0 spiro atoms. The predicted octanol–water partition coefficient (Wildman–Crippen LogP) is 1.12. The number of ether oxygens (including phenoxy) is 3. The number of carbonyl (C=O) groups excluding carboxylic acids is 2. The van der Waals surface area contributed by atoms with Gasteiger partial charge in [-0.15, -0.1) is 0 Å². The van der Waals surface area contributed by atoms with Gasteiger partial charge in [-0.25, -0.2) is 0 Å². The topological polar surface area (TPSA) is 99.9 Å². The number of nitrogens with one attached hydrogen (secondary N) is 1. The van der Waals surface area contributed by atoms with E-state index in [4.69, 9.17) is 19.9 Å². The van der Waals surface area contributed by atoms with E-state index in [0.717, 1.165) is 0 Å². The standard InChI is InChI=1S/C18H18N2O5/c19-18(22)13-5-1-2-6-14(13)24-11-17(21)20-9-12-10-23-15-7-3-4-8-16(15)25-12/h1-8,12H,9-11H2,(H2,19,22)(H,20,21)/t12-/m0/s1. The minimum absolute atomic E-state index is 0.228. The fourth-order valence-electron chi connectivity index (χ4n) is 2.38. The summed E-state index contributed by atoms with van der Waals surface area (Å²) < 4.78 is 16.7. The van der Waals surface area contributed by atoms with Gasteiger partial charge in [0.25, 0.3) is 11.8 Å². The van der Waals surface area contributed by atoms with Crippen molar-refractivity contribution in [2.45, 2.75) is 6.10 Å². The van der Waals surface area contributed by atoms with Crippen molar-refractivity contribution in [3.8, 4) is 17.2 Å². The van der Waals surface area contributed by atoms with E-state index in [2.05, 4.69) is 5.32 Å². The minimum atomic E-state index is -0.609. The van der Waals surface area contributed by atoms with Crippen LogP contribution < -0.4 is 25.3 Å². The average Bonchev–Trinajstić information content (AvgIpc) is 2.64. The van der Waals surface area contributed by atoms with Gasteiger partial charge in [0.15, 0.2) is 18.1 Å². The summed E-state index contributed by atoms with van der Waals surface area (Å²) in [6, 6.07) is 13.9. The van der Waals surface area contributed by atoms with Crippen molar-refractivity contribution in [2.75, 3.05) is 19.8 Å². The second-order valence-electron chi connectivity index (χ2n) is 5.45. The number of fused-ring (bicyclic) bond motifs is 1. The van der Waals surface area contributed by atoms with Gasteiger partial charge in [-0.05, 0) is 24.3 Å². The van der Waals surface area contributed by atoms with Gasteiger partial charge in [0.1, 0.15) is 18.5 Å². The molecular formula is C18H18N2O5. The van der Waals surface area contributed by atoms with Crippen LogP contribution in [0.3, 0.4) is 0 Å². The first-order chi connectivity index (χ1) is 12.1. The average molecular weight is 342 g/mol. The molecule has 0 fully saturated rings. The third kappa shape index (κ3) is 4.20. The molecule has 0 saturated heterocycles. The number of nitrogens with two attached hydrogens (primary N) is 1. The van der Waals surface area contributed by atoms with Crippen LogP contribution in [0, 0.1) is 0 Å². The molecule has 0 saturated carbocycles. The quantitative estimate of drug-likeness (QED) is 0.819. The molecule has 25 heavy (non-hydrogen) atoms. The van der Waals surface area contributed by atoms with E-state index < -0.39 is 5.91 Å². The molecule has 1 aliphatic heterocycles. The lowest BCUT2D eigenvalue weighted by Crippen LogP contribution is -2.42. The van der Waals surface area contributed by atoms with E-state index in [1.165, 1.54) is 0 Å². The maximum absolute atomic E-state index is 11.9. The van der Waals surface area contributed by atoms with Crippen LogP contribution in [-0.2, 0) is 4.79 Å². The van der Waals surface area contributed by atoms with Crippen molar-refractivity contribution in [1.29, 1.82) is 0 Å². The molecule has 1 heterocycles. The highest BCUT2D eigenvalue weighted by molar-refractivity contribution is 5.95. The van der Waals surface area contributed by atoms with Crippen molar-refractivity contribution in [2.24, 2.45) is 5.73 Å². The number of benzene rings is 2. The first kappa shape index (κ1) is 16.6. The third-order valence-electron chi connectivity index (χ3n) is 3.61. The lowest BCUT2D eigenvalue weighted by molar-refractivity contribution is -0.123. The molecule has 7 nitrogen and oxygen atoms in total. The van der Waals surface area contributed by atoms with E-state index in [9.17, 15) is 9.59 Å². The van der Waals surface area contributed by atoms with Gasteiger partial charge in [0, 0.05) is 0 Å². The minimum Gasteiger partial charge on any atom is -0.486 e. The Morgan fingerprint density at radius 2 is 1.84 bits per heavy atom. The van der Waals surface area contributed by atoms with E-state index in [1.54, 1.807) is 24.3 Å². The summed E-state index contributed by atoms with van der Waals surface area (Å²) in [5, 5.41) is 2.72. The molecule has 0 radical (unpaired) electrons. The smallest absolute Gasteiger partial charge is 0.258 e. The van der Waals surface area contributed by atoms with Crippen LogP contribution in [0.25, 0.3) is 0 Å². The van der Waals surface area contributed by atoms with Crippen molar-refractivity contribution in [1.82, 2.24) is 5.32 Å². The highest BCUT2D eigenvalue weighted by Crippen LogP contribution is 2.30. The van der Waals surface area contributed by atoms with Gasteiger partial charge in [-0.3, -0.25) is 9.59 Å². The predicted molar refractivity (Wildman–Crippen MR) is 89.8 cm³/mol. The van der Waals surface area contributed by atoms with Gasteiger partial charge in [0.05, 0.1) is 12.1 Å². The van der Waals surface area contributed by atoms with Gasteiger partial charge in [-0.2, -0.15) is 0 Å². The molecule has 1 aliphatic rings. The second-order valence-corrected chi connectivity index (χ2v) is 5.45. The van der Waals surface area contributed by atoms with Crippen molar-refractivity contribution in [3.63, 3.8) is 0 Å². The number of primary amides is 1. The van der Waals surface area contributed by atoms with E-state index >= 15 is 0 Å². The van der Waals surface area contributed by atoms with Gasteiger partial charge < -0.3 is 25.3 Å². The molecular weight excluding hydrogens is 324 g/mol. The summed E-state index contributed by atoms with van der Waals surface area (Å²) in [7, 11) is 0. The molecule has 7 heteroatoms. The normalized spacial score (nSPS) is 15.3. The number of amides is 2. The van der Waals surface area contributed by atoms with Crippen LogP contribution >= 0.6 is 0 Å². The SMILES string of the molecule is NC(=O)c1ccccc1OCC(=O)NC[C@H]1COc2ccccc2O1. The van der Waals surface area contributed by atoms with E-state index in [0.29, 0.717) is 18.1 Å². The molecule has 0 aromatic heterocycles. The van der Waals surface area contributed by atoms with Crippen LogP contribution in [0.15, 0.2) is 48.5 Å². The van der Waals surface area contributed by atoms with Gasteiger partial charge in [-0.1, -0.05) is 24.3 Å². The molecule has 3 N–H and O–H groups in total. The van der Waals surface area contributed by atoms with Crippen LogP contribution in [0.5, 0.6) is 17.2 Å². The Bertz CT molecular complexity index is 778. The summed E-state index contributed by atoms with van der Waals surface area (Å²) in [6.07, 6.45) is -0.281. The molecule has 0 aliphatic carbocycles. The van der Waals surface area contributed by atoms with Crippen LogP contribution in [0.1, 0.15) is 10.4 Å². The molecule has 2 aromatic carbocycles. The zero-order valence-corrected chi connectivity index (χ0v) is 13.4. The lowest BCUT2D eigenvalue weighted by atomic mass is 10.2. The molecule has 3 rings (SSSR count). The molecule has 0 unspecified atom stereocenters. The number of carbonyl (C=O) groups is 2. The highest BCUT2D eigenvalue weighted by atomic mass is 16.6. The first-order valence-electron chi connectivity index (χ1n) is 7.80. The second kappa shape index (κ2) is 7.57. The van der Waals surface area contributed by atoms with Crippen molar-refractivity contribution < 1.29 is 23.8 Å². The molecule has 130 valence electrons. The largest absolute Gasteiger partial charge is 0.486 e. The summed E-state index contributed by atoms with van der Waals surface area (Å²) in [4.78, 5) is 23.2. The Hall–Kier alpha value is -3.22. The zero-order chi connectivity index (χ0) is 17.6. The zero-order valence-electron chi connectivity index (χ0n) is 13.4. The monoisotopic (exact) mass is 342 g/mol. The molecule has 0 bridgehead atoms. The van der Waals surface area contributed by atoms with Crippen LogP contribution in [0.2, 0.25) is 0 Å². The molecule has 2 amide bonds. The maximum Gasteiger partial charge on any atom is 0.258 e. The Morgan fingerprint density at radius 1 is 1.12 bits per heavy atom. The Labute approximate surface area is 144 Å². The Kier molecular flexibility index (Phi) is 5.03. The Morgan fingerprint density at radius 3 is 2.64 bits per heavy atom. The summed E-state index contributed by atoms with van der Waals surface area (Å²) in [5.41, 5.74) is 5.50. The number of rotatable bonds is 6. The number of hydrogen-bond donors (Lipinski definition) is 2. The van der Waals surface area contributed by atoms with E-state index in [1.807, 2.05) is 24.3 Å². The van der Waals surface area contributed by atoms with Crippen molar-refractivity contribution in [3.05, 3.63) is 54.1 Å². The van der Waals surface area contributed by atoms with Gasteiger partial charge >= 0.3 is 0 Å². The summed E-state index contributed by atoms with van der Waals surface area (Å²) in [5.74, 6) is 0.677. The van der Waals surface area contributed by atoms with Gasteiger partial charge in [0.2, 0.25) is 0 Å². The Balaban J connectivity index is 1.47. The first-order valence-corrected chi connectivity index (χ1v) is 7.80. The number of para-hydroxylation sites is 3. The third-order valence-corrected chi connectivity index (χ3v) is 3.61. The maximum atomic E-state index is 11.9. The van der Waals surface area contributed by atoms with Crippen LogP contribution in [0.4, 0.5) is 0 Å². The number of hydrogen-bond acceptors (Lipinski definition) is 5. The molecule has 1 atom stereocenters. The van der Waals surface area contributed by atoms with E-state index in [-0.39, 0.29) is 36.5 Å². The summed E-state index contributed by atoms with van der Waals surface area (Å²) >= 11 is 0. The summed E-state index contributed by atoms with van der Waals surface area (Å²) in [6.45, 7) is 0.408. The fourth-order valence-corrected chi connectivity index (χ4v) is 2.38.